The summed E-state index contributed by atoms with van der Waals surface area (Å²) in [6, 6.07) is 14.4. The van der Waals surface area contributed by atoms with E-state index < -0.39 is 0 Å². The minimum atomic E-state index is 0.655. The van der Waals surface area contributed by atoms with Gasteiger partial charge in [0.1, 0.15) is 12.1 Å². The van der Waals surface area contributed by atoms with Gasteiger partial charge in [0.15, 0.2) is 5.96 Å². The topological polar surface area (TPSA) is 85.0 Å². The van der Waals surface area contributed by atoms with Crippen LogP contribution in [-0.2, 0) is 13.0 Å². The van der Waals surface area contributed by atoms with Gasteiger partial charge in [-0.1, -0.05) is 12.1 Å². The van der Waals surface area contributed by atoms with Gasteiger partial charge in [-0.3, -0.25) is 9.56 Å². The summed E-state index contributed by atoms with van der Waals surface area (Å²) in [5, 5.41) is 11.0. The molecule has 0 radical (unpaired) electrons. The van der Waals surface area contributed by atoms with Gasteiger partial charge < -0.3 is 10.6 Å². The average Bonchev–Trinajstić information content (AvgIpc) is 3.51. The number of imidazole rings is 1. The second-order valence-corrected chi connectivity index (χ2v) is 6.71. The maximum absolute atomic E-state index is 4.38. The van der Waals surface area contributed by atoms with Crippen LogP contribution in [0.3, 0.4) is 0 Å². The summed E-state index contributed by atoms with van der Waals surface area (Å²) in [6.07, 6.45) is 11.8. The number of guanidine groups is 1. The quantitative estimate of drug-likeness (QED) is 0.367. The fraction of sp³-hybridized carbons (Fsp3) is 0.182. The Bertz CT molecular complexity index is 1070. The Morgan fingerprint density at radius 1 is 1.00 bits per heavy atom. The molecule has 30 heavy (non-hydrogen) atoms. The van der Waals surface area contributed by atoms with Crippen molar-refractivity contribution in [1.82, 2.24) is 34.9 Å². The number of pyridine rings is 1. The molecule has 152 valence electrons. The second kappa shape index (κ2) is 9.51. The van der Waals surface area contributed by atoms with Crippen molar-refractivity contribution >= 4 is 5.96 Å². The SMILES string of the molecule is CN=C(NCCc1ccc(-n2cccn2)cc1)NCc1ccnc(-n2ccnc2)c1. The van der Waals surface area contributed by atoms with Crippen molar-refractivity contribution in [2.75, 3.05) is 13.6 Å². The van der Waals surface area contributed by atoms with E-state index in [1.54, 1.807) is 32.0 Å². The molecule has 4 rings (SSSR count). The number of nitrogens with one attached hydrogen (secondary N) is 2. The van der Waals surface area contributed by atoms with E-state index in [1.165, 1.54) is 5.56 Å². The highest BCUT2D eigenvalue weighted by atomic mass is 15.3. The lowest BCUT2D eigenvalue weighted by Gasteiger charge is -2.13. The maximum atomic E-state index is 4.38. The standard InChI is InChI=1S/C22H24N8/c1-23-22(27-16-19-8-10-25-21(15-19)29-14-12-24-17-29)26-11-7-18-3-5-20(6-4-18)30-13-2-9-28-30/h2-6,8-10,12-15,17H,7,11,16H2,1H3,(H2,23,26,27). The molecule has 0 aliphatic heterocycles. The van der Waals surface area contributed by atoms with E-state index in [0.717, 1.165) is 36.0 Å². The van der Waals surface area contributed by atoms with Crippen LogP contribution in [0.5, 0.6) is 0 Å². The first-order valence-electron chi connectivity index (χ1n) is 9.78. The van der Waals surface area contributed by atoms with E-state index in [0.29, 0.717) is 6.54 Å². The van der Waals surface area contributed by atoms with Crippen molar-refractivity contribution in [1.29, 1.82) is 0 Å². The third-order valence-electron chi connectivity index (χ3n) is 4.67. The first-order chi connectivity index (χ1) is 14.8. The Balaban J connectivity index is 1.26. The zero-order valence-electron chi connectivity index (χ0n) is 16.8. The largest absolute Gasteiger partial charge is 0.356 e. The summed E-state index contributed by atoms with van der Waals surface area (Å²) in [6.45, 7) is 1.44. The van der Waals surface area contributed by atoms with Gasteiger partial charge in [-0.05, 0) is 47.9 Å². The molecule has 0 aliphatic rings. The number of nitrogens with zero attached hydrogens (tertiary/aromatic N) is 6. The smallest absolute Gasteiger partial charge is 0.191 e. The molecule has 0 fully saturated rings. The fourth-order valence-corrected chi connectivity index (χ4v) is 3.07. The second-order valence-electron chi connectivity index (χ2n) is 6.71. The predicted octanol–water partition coefficient (Wildman–Crippen LogP) is 2.36. The van der Waals surface area contributed by atoms with Crippen molar-refractivity contribution in [2.45, 2.75) is 13.0 Å². The van der Waals surface area contributed by atoms with E-state index in [-0.39, 0.29) is 0 Å². The lowest BCUT2D eigenvalue weighted by Crippen LogP contribution is -2.37. The Labute approximate surface area is 175 Å². The minimum Gasteiger partial charge on any atom is -0.356 e. The van der Waals surface area contributed by atoms with Gasteiger partial charge >= 0.3 is 0 Å². The molecule has 4 aromatic rings. The molecule has 0 bridgehead atoms. The van der Waals surface area contributed by atoms with Crippen molar-refractivity contribution in [3.63, 3.8) is 0 Å². The molecule has 8 nitrogen and oxygen atoms in total. The molecular formula is C22H24N8. The minimum absolute atomic E-state index is 0.655. The molecule has 0 unspecified atom stereocenters. The van der Waals surface area contributed by atoms with E-state index in [9.17, 15) is 0 Å². The van der Waals surface area contributed by atoms with Gasteiger partial charge in [0, 0.05) is 51.1 Å². The van der Waals surface area contributed by atoms with Gasteiger partial charge in [0.05, 0.1) is 5.69 Å². The van der Waals surface area contributed by atoms with E-state index in [2.05, 4.69) is 55.0 Å². The first kappa shape index (κ1) is 19.4. The van der Waals surface area contributed by atoms with E-state index in [1.807, 2.05) is 39.8 Å². The Hall–Kier alpha value is -3.94. The molecule has 2 N–H and O–H groups in total. The summed E-state index contributed by atoms with van der Waals surface area (Å²) >= 11 is 0. The first-order valence-corrected chi connectivity index (χ1v) is 9.78. The van der Waals surface area contributed by atoms with Gasteiger partial charge in [0.25, 0.3) is 0 Å². The van der Waals surface area contributed by atoms with Crippen molar-refractivity contribution in [2.24, 2.45) is 4.99 Å². The third-order valence-corrected chi connectivity index (χ3v) is 4.67. The molecule has 0 saturated carbocycles. The Kier molecular flexibility index (Phi) is 6.14. The molecule has 0 saturated heterocycles. The fourth-order valence-electron chi connectivity index (χ4n) is 3.07. The average molecular weight is 400 g/mol. The number of aliphatic imine (C=N–C) groups is 1. The van der Waals surface area contributed by atoms with Gasteiger partial charge in [-0.25, -0.2) is 14.6 Å². The third kappa shape index (κ3) is 4.91. The van der Waals surface area contributed by atoms with Crippen molar-refractivity contribution < 1.29 is 0 Å². The monoisotopic (exact) mass is 400 g/mol. The van der Waals surface area contributed by atoms with Crippen LogP contribution in [0.2, 0.25) is 0 Å². The maximum Gasteiger partial charge on any atom is 0.191 e. The molecule has 0 aliphatic carbocycles. The van der Waals surface area contributed by atoms with E-state index >= 15 is 0 Å². The predicted molar refractivity (Wildman–Crippen MR) is 117 cm³/mol. The van der Waals surface area contributed by atoms with Crippen LogP contribution in [-0.4, -0.2) is 43.9 Å². The lowest BCUT2D eigenvalue weighted by atomic mass is 10.1. The summed E-state index contributed by atoms with van der Waals surface area (Å²) in [7, 11) is 1.78. The van der Waals surface area contributed by atoms with Crippen molar-refractivity contribution in [3.05, 3.63) is 90.9 Å². The summed E-state index contributed by atoms with van der Waals surface area (Å²) < 4.78 is 3.74. The van der Waals surface area contributed by atoms with E-state index in [4.69, 9.17) is 0 Å². The molecule has 0 amide bonds. The molecule has 0 spiro atoms. The van der Waals surface area contributed by atoms with Crippen LogP contribution in [0.1, 0.15) is 11.1 Å². The highest BCUT2D eigenvalue weighted by Gasteiger charge is 2.03. The molecule has 0 atom stereocenters. The van der Waals surface area contributed by atoms with Crippen LogP contribution in [0.25, 0.3) is 11.5 Å². The number of aromatic nitrogens is 5. The molecule has 8 heteroatoms. The van der Waals surface area contributed by atoms with Crippen LogP contribution in [0, 0.1) is 0 Å². The number of hydrogen-bond donors (Lipinski definition) is 2. The number of benzene rings is 1. The number of hydrogen-bond acceptors (Lipinski definition) is 4. The van der Waals surface area contributed by atoms with Crippen LogP contribution < -0.4 is 10.6 Å². The van der Waals surface area contributed by atoms with Gasteiger partial charge in [-0.2, -0.15) is 5.10 Å². The highest BCUT2D eigenvalue weighted by molar-refractivity contribution is 5.79. The van der Waals surface area contributed by atoms with Gasteiger partial charge in [0.2, 0.25) is 0 Å². The van der Waals surface area contributed by atoms with Gasteiger partial charge in [-0.15, -0.1) is 0 Å². The Morgan fingerprint density at radius 2 is 1.90 bits per heavy atom. The Morgan fingerprint density at radius 3 is 2.63 bits per heavy atom. The number of rotatable bonds is 7. The molecule has 1 aromatic carbocycles. The summed E-state index contributed by atoms with van der Waals surface area (Å²) in [4.78, 5) is 12.8. The van der Waals surface area contributed by atoms with Crippen LogP contribution in [0.15, 0.2) is 84.8 Å². The zero-order valence-corrected chi connectivity index (χ0v) is 16.8. The normalized spacial score (nSPS) is 11.4. The highest BCUT2D eigenvalue weighted by Crippen LogP contribution is 2.09. The molecule has 3 aromatic heterocycles. The zero-order chi connectivity index (χ0) is 20.6. The molecule has 3 heterocycles. The van der Waals surface area contributed by atoms with Crippen LogP contribution in [0.4, 0.5) is 0 Å². The van der Waals surface area contributed by atoms with Crippen molar-refractivity contribution in [3.8, 4) is 11.5 Å². The summed E-state index contributed by atoms with van der Waals surface area (Å²) in [5.74, 6) is 1.61. The van der Waals surface area contributed by atoms with Crippen LogP contribution >= 0.6 is 0 Å². The molecular weight excluding hydrogens is 376 g/mol. The lowest BCUT2D eigenvalue weighted by molar-refractivity contribution is 0.792. The summed E-state index contributed by atoms with van der Waals surface area (Å²) in [5.41, 5.74) is 3.43.